The summed E-state index contributed by atoms with van der Waals surface area (Å²) in [4.78, 5) is 17.4. The van der Waals surface area contributed by atoms with Crippen LogP contribution in [0.25, 0.3) is 0 Å². The van der Waals surface area contributed by atoms with Crippen molar-refractivity contribution in [3.63, 3.8) is 0 Å². The van der Waals surface area contributed by atoms with Gasteiger partial charge in [-0.05, 0) is 50.3 Å². The van der Waals surface area contributed by atoms with Gasteiger partial charge in [-0.25, -0.2) is 0 Å². The first-order chi connectivity index (χ1) is 11.2. The summed E-state index contributed by atoms with van der Waals surface area (Å²) in [5.74, 6) is 1.11. The minimum atomic E-state index is -0.192. The molecule has 2 saturated heterocycles. The molecule has 1 saturated carbocycles. The van der Waals surface area contributed by atoms with E-state index in [1.165, 1.54) is 18.4 Å². The van der Waals surface area contributed by atoms with Crippen LogP contribution >= 0.6 is 0 Å². The van der Waals surface area contributed by atoms with Crippen molar-refractivity contribution in [3.05, 3.63) is 35.9 Å². The quantitative estimate of drug-likeness (QED) is 0.846. The van der Waals surface area contributed by atoms with Crippen LogP contribution in [-0.2, 0) is 4.79 Å². The molecular formula is C19H26N2O2. The number of likely N-dealkylation sites (tertiary alicyclic amines) is 2. The summed E-state index contributed by atoms with van der Waals surface area (Å²) in [6, 6.07) is 10.8. The fraction of sp³-hybridized carbons (Fsp3) is 0.632. The Morgan fingerprint density at radius 1 is 1.13 bits per heavy atom. The normalized spacial score (nSPS) is 27.3. The minimum absolute atomic E-state index is 0.192. The number of β-lactam (4-membered cyclic amide) rings is 1. The second-order valence-electron chi connectivity index (χ2n) is 7.44. The van der Waals surface area contributed by atoms with Crippen LogP contribution in [0.5, 0.6) is 0 Å². The van der Waals surface area contributed by atoms with Gasteiger partial charge in [-0.2, -0.15) is 0 Å². The Balaban J connectivity index is 1.56. The number of carbonyl (C=O) groups is 1. The van der Waals surface area contributed by atoms with E-state index < -0.39 is 0 Å². The molecule has 3 aliphatic rings. The van der Waals surface area contributed by atoms with E-state index >= 15 is 0 Å². The van der Waals surface area contributed by atoms with Crippen LogP contribution in [-0.4, -0.2) is 53.6 Å². The summed E-state index contributed by atoms with van der Waals surface area (Å²) in [6.45, 7) is 3.73. The van der Waals surface area contributed by atoms with Crippen molar-refractivity contribution in [2.45, 2.75) is 31.7 Å². The summed E-state index contributed by atoms with van der Waals surface area (Å²) >= 11 is 0. The van der Waals surface area contributed by atoms with Crippen molar-refractivity contribution in [2.75, 3.05) is 32.8 Å². The maximum atomic E-state index is 13.0. The Morgan fingerprint density at radius 2 is 1.83 bits per heavy atom. The highest BCUT2D eigenvalue weighted by molar-refractivity contribution is 5.91. The fourth-order valence-electron chi connectivity index (χ4n) is 4.46. The molecule has 0 aromatic heterocycles. The van der Waals surface area contributed by atoms with Gasteiger partial charge >= 0.3 is 0 Å². The Kier molecular flexibility index (Phi) is 3.90. The molecule has 1 aromatic rings. The number of aliphatic hydroxyl groups excluding tert-OH is 1. The molecule has 3 fully saturated rings. The third-order valence-corrected chi connectivity index (χ3v) is 5.95. The van der Waals surface area contributed by atoms with E-state index in [9.17, 15) is 4.79 Å². The van der Waals surface area contributed by atoms with Gasteiger partial charge in [0.1, 0.15) is 0 Å². The van der Waals surface area contributed by atoms with Crippen LogP contribution in [0.15, 0.2) is 30.3 Å². The van der Waals surface area contributed by atoms with Gasteiger partial charge in [-0.3, -0.25) is 4.79 Å². The zero-order valence-corrected chi connectivity index (χ0v) is 13.7. The van der Waals surface area contributed by atoms with Gasteiger partial charge in [0, 0.05) is 13.1 Å². The Hall–Kier alpha value is -1.39. The number of hydrogen-bond donors (Lipinski definition) is 1. The third kappa shape index (κ3) is 2.58. The maximum absolute atomic E-state index is 13.0. The van der Waals surface area contributed by atoms with Gasteiger partial charge in [-0.15, -0.1) is 0 Å². The van der Waals surface area contributed by atoms with Gasteiger partial charge in [0.05, 0.1) is 18.1 Å². The highest BCUT2D eigenvalue weighted by atomic mass is 16.3. The second-order valence-corrected chi connectivity index (χ2v) is 7.44. The monoisotopic (exact) mass is 314 g/mol. The number of hydrogen-bond acceptors (Lipinski definition) is 3. The zero-order chi connectivity index (χ0) is 15.9. The number of piperidine rings is 1. The van der Waals surface area contributed by atoms with Gasteiger partial charge < -0.3 is 14.9 Å². The summed E-state index contributed by atoms with van der Waals surface area (Å²) in [5, 5.41) is 9.13. The van der Waals surface area contributed by atoms with Crippen LogP contribution in [0.2, 0.25) is 0 Å². The van der Waals surface area contributed by atoms with E-state index in [1.54, 1.807) is 0 Å². The lowest BCUT2D eigenvalue weighted by molar-refractivity contribution is -0.181. The smallest absolute Gasteiger partial charge is 0.231 e. The van der Waals surface area contributed by atoms with Gasteiger partial charge in [0.15, 0.2) is 0 Å². The lowest BCUT2D eigenvalue weighted by Crippen LogP contribution is -2.66. The van der Waals surface area contributed by atoms with Crippen molar-refractivity contribution >= 4 is 5.91 Å². The van der Waals surface area contributed by atoms with Crippen molar-refractivity contribution in [3.8, 4) is 0 Å². The van der Waals surface area contributed by atoms with Crippen LogP contribution in [0.4, 0.5) is 0 Å². The lowest BCUT2D eigenvalue weighted by Gasteiger charge is -2.59. The maximum Gasteiger partial charge on any atom is 0.231 e. The van der Waals surface area contributed by atoms with Crippen LogP contribution in [0, 0.1) is 11.3 Å². The number of rotatable bonds is 5. The predicted molar refractivity (Wildman–Crippen MR) is 88.8 cm³/mol. The van der Waals surface area contributed by atoms with Crippen LogP contribution < -0.4 is 0 Å². The molecule has 124 valence electrons. The first-order valence-electron chi connectivity index (χ1n) is 8.94. The summed E-state index contributed by atoms with van der Waals surface area (Å²) in [6.07, 6.45) is 4.41. The molecule has 0 unspecified atom stereocenters. The van der Waals surface area contributed by atoms with E-state index in [0.717, 1.165) is 44.9 Å². The average molecular weight is 314 g/mol. The number of benzene rings is 1. The minimum Gasteiger partial charge on any atom is -0.395 e. The number of carbonyl (C=O) groups excluding carboxylic acids is 1. The predicted octanol–water partition coefficient (Wildman–Crippen LogP) is 2.05. The molecule has 0 radical (unpaired) electrons. The molecule has 1 aliphatic carbocycles. The van der Waals surface area contributed by atoms with Crippen molar-refractivity contribution in [2.24, 2.45) is 11.3 Å². The average Bonchev–Trinajstić information content (AvgIpc) is 3.41. The van der Waals surface area contributed by atoms with Crippen molar-refractivity contribution in [1.82, 2.24) is 9.80 Å². The van der Waals surface area contributed by atoms with Crippen LogP contribution in [0.1, 0.15) is 37.3 Å². The topological polar surface area (TPSA) is 43.8 Å². The van der Waals surface area contributed by atoms with Crippen molar-refractivity contribution in [1.29, 1.82) is 0 Å². The summed E-state index contributed by atoms with van der Waals surface area (Å²) < 4.78 is 0. The van der Waals surface area contributed by atoms with E-state index in [4.69, 9.17) is 5.11 Å². The summed E-state index contributed by atoms with van der Waals surface area (Å²) in [5.41, 5.74) is 1.10. The largest absolute Gasteiger partial charge is 0.395 e. The molecule has 1 amide bonds. The first-order valence-corrected chi connectivity index (χ1v) is 8.94. The molecule has 4 heteroatoms. The fourth-order valence-corrected chi connectivity index (χ4v) is 4.46. The highest BCUT2D eigenvalue weighted by Gasteiger charge is 2.61. The zero-order valence-electron chi connectivity index (χ0n) is 13.7. The molecule has 1 aromatic carbocycles. The second kappa shape index (κ2) is 5.91. The Morgan fingerprint density at radius 3 is 2.43 bits per heavy atom. The molecule has 4 rings (SSSR count). The number of amides is 1. The Bertz CT molecular complexity index is 562. The third-order valence-electron chi connectivity index (χ3n) is 5.95. The standard InChI is InChI=1S/C19H26N2O2/c22-13-12-20-10-8-19(9-11-20)17(16-4-2-1-3-5-16)21(18(19)23)14-15-6-7-15/h1-5,15,17,22H,6-14H2/t17-/m0/s1. The first kappa shape index (κ1) is 15.2. The highest BCUT2D eigenvalue weighted by Crippen LogP contribution is 2.56. The Labute approximate surface area is 138 Å². The van der Waals surface area contributed by atoms with Crippen LogP contribution in [0.3, 0.4) is 0 Å². The molecule has 23 heavy (non-hydrogen) atoms. The van der Waals surface area contributed by atoms with Crippen molar-refractivity contribution < 1.29 is 9.90 Å². The van der Waals surface area contributed by atoms with E-state index in [0.29, 0.717) is 5.91 Å². The molecular weight excluding hydrogens is 288 g/mol. The molecule has 1 atom stereocenters. The van der Waals surface area contributed by atoms with E-state index in [2.05, 4.69) is 34.1 Å². The molecule has 2 heterocycles. The lowest BCUT2D eigenvalue weighted by atomic mass is 9.62. The molecule has 1 N–H and O–H groups in total. The van der Waals surface area contributed by atoms with Gasteiger partial charge in [0.2, 0.25) is 5.91 Å². The molecule has 2 aliphatic heterocycles. The van der Waals surface area contributed by atoms with Gasteiger partial charge in [0.25, 0.3) is 0 Å². The number of β-amino-alcohol motifs (C(OH)–C–C–N with tert-alkyl or cyclic N) is 1. The number of nitrogens with zero attached hydrogens (tertiary/aromatic N) is 2. The van der Waals surface area contributed by atoms with E-state index in [1.807, 2.05) is 6.07 Å². The van der Waals surface area contributed by atoms with E-state index in [-0.39, 0.29) is 18.1 Å². The number of aliphatic hydroxyl groups is 1. The molecule has 4 nitrogen and oxygen atoms in total. The van der Waals surface area contributed by atoms with Gasteiger partial charge in [-0.1, -0.05) is 30.3 Å². The molecule has 1 spiro atoms. The SMILES string of the molecule is O=C1N(CC2CC2)[C@@H](c2ccccc2)C12CCN(CCO)CC2. The molecule has 0 bridgehead atoms. The summed E-state index contributed by atoms with van der Waals surface area (Å²) in [7, 11) is 0.